The summed E-state index contributed by atoms with van der Waals surface area (Å²) in [6.45, 7) is 8.33. The Kier molecular flexibility index (Phi) is 9.54. The Morgan fingerprint density at radius 1 is 1.39 bits per heavy atom. The Balaban J connectivity index is 0.00000264. The minimum Gasteiger partial charge on any atom is -0.357 e. The molecule has 0 aliphatic carbocycles. The summed E-state index contributed by atoms with van der Waals surface area (Å²) in [6, 6.07) is 4.26. The number of thiophene rings is 1. The summed E-state index contributed by atoms with van der Waals surface area (Å²) in [5.74, 6) is 1.15. The molecule has 5 nitrogen and oxygen atoms in total. The number of aliphatic imine (C=N–C) groups is 1. The minimum absolute atomic E-state index is 0. The van der Waals surface area contributed by atoms with Gasteiger partial charge in [-0.2, -0.15) is 0 Å². The van der Waals surface area contributed by atoms with Gasteiger partial charge in [0.15, 0.2) is 5.96 Å². The molecule has 7 heteroatoms. The van der Waals surface area contributed by atoms with Gasteiger partial charge < -0.3 is 15.5 Å². The van der Waals surface area contributed by atoms with Crippen LogP contribution in [0.2, 0.25) is 0 Å². The van der Waals surface area contributed by atoms with Crippen LogP contribution in [0.5, 0.6) is 0 Å². The van der Waals surface area contributed by atoms with Gasteiger partial charge in [0, 0.05) is 42.4 Å². The maximum absolute atomic E-state index is 11.5. The molecule has 23 heavy (non-hydrogen) atoms. The Morgan fingerprint density at radius 3 is 2.83 bits per heavy atom. The smallest absolute Gasteiger partial charge is 0.222 e. The third-order valence-corrected chi connectivity index (χ3v) is 4.59. The van der Waals surface area contributed by atoms with Crippen LogP contribution in [-0.4, -0.2) is 42.9 Å². The van der Waals surface area contributed by atoms with Crippen molar-refractivity contribution in [2.45, 2.75) is 39.7 Å². The van der Waals surface area contributed by atoms with E-state index in [2.05, 4.69) is 41.6 Å². The second kappa shape index (κ2) is 10.9. The second-order valence-corrected chi connectivity index (χ2v) is 6.84. The van der Waals surface area contributed by atoms with Crippen molar-refractivity contribution < 1.29 is 4.79 Å². The number of rotatable bonds is 7. The molecule has 1 amide bonds. The summed E-state index contributed by atoms with van der Waals surface area (Å²) in [7, 11) is 0. The highest BCUT2D eigenvalue weighted by Crippen LogP contribution is 2.15. The van der Waals surface area contributed by atoms with Crippen molar-refractivity contribution in [1.82, 2.24) is 15.5 Å². The van der Waals surface area contributed by atoms with Gasteiger partial charge >= 0.3 is 0 Å². The van der Waals surface area contributed by atoms with Crippen molar-refractivity contribution in [3.63, 3.8) is 0 Å². The van der Waals surface area contributed by atoms with E-state index in [9.17, 15) is 4.79 Å². The highest BCUT2D eigenvalue weighted by molar-refractivity contribution is 14.0. The molecule has 1 fully saturated rings. The Morgan fingerprint density at radius 2 is 2.22 bits per heavy atom. The van der Waals surface area contributed by atoms with E-state index in [1.807, 2.05) is 4.90 Å². The standard InChI is InChI=1S/C16H26N4OS.HI/c1-3-17-16(19-12-14-8-7-13(2)22-14)18-9-5-11-20-10-4-6-15(20)21;/h7-8H,3-6,9-12H2,1-2H3,(H2,17,18,19);1H. The van der Waals surface area contributed by atoms with Crippen molar-refractivity contribution >= 4 is 47.2 Å². The highest BCUT2D eigenvalue weighted by Gasteiger charge is 2.18. The largest absolute Gasteiger partial charge is 0.357 e. The van der Waals surface area contributed by atoms with Gasteiger partial charge in [0.05, 0.1) is 6.54 Å². The lowest BCUT2D eigenvalue weighted by Crippen LogP contribution is -2.38. The first-order valence-electron chi connectivity index (χ1n) is 8.04. The molecule has 1 aromatic rings. The summed E-state index contributed by atoms with van der Waals surface area (Å²) < 4.78 is 0. The fraction of sp³-hybridized carbons (Fsp3) is 0.625. The number of hydrogen-bond acceptors (Lipinski definition) is 3. The number of nitrogens with one attached hydrogen (secondary N) is 2. The van der Waals surface area contributed by atoms with Gasteiger partial charge in [-0.25, -0.2) is 4.99 Å². The topological polar surface area (TPSA) is 56.7 Å². The molecule has 0 unspecified atom stereocenters. The van der Waals surface area contributed by atoms with E-state index in [4.69, 9.17) is 0 Å². The first kappa shape index (κ1) is 20.2. The molecular formula is C16H27IN4OS. The molecule has 2 heterocycles. The van der Waals surface area contributed by atoms with Crippen molar-refractivity contribution in [3.05, 3.63) is 21.9 Å². The molecule has 0 spiro atoms. The molecule has 2 rings (SSSR count). The number of likely N-dealkylation sites (tertiary alicyclic amines) is 1. The number of carbonyl (C=O) groups is 1. The second-order valence-electron chi connectivity index (χ2n) is 5.47. The molecule has 1 aliphatic heterocycles. The SMILES string of the molecule is CCNC(=NCc1ccc(C)s1)NCCCN1CCCC1=O.I. The average Bonchev–Trinajstić information content (AvgIpc) is 3.09. The molecular weight excluding hydrogens is 423 g/mol. The van der Waals surface area contributed by atoms with E-state index in [1.54, 1.807) is 11.3 Å². The van der Waals surface area contributed by atoms with Crippen LogP contribution in [-0.2, 0) is 11.3 Å². The van der Waals surface area contributed by atoms with E-state index < -0.39 is 0 Å². The summed E-state index contributed by atoms with van der Waals surface area (Å²) in [5, 5.41) is 6.60. The van der Waals surface area contributed by atoms with Crippen molar-refractivity contribution in [2.24, 2.45) is 4.99 Å². The monoisotopic (exact) mass is 450 g/mol. The lowest BCUT2D eigenvalue weighted by molar-refractivity contribution is -0.127. The van der Waals surface area contributed by atoms with Gasteiger partial charge in [0.2, 0.25) is 5.91 Å². The lowest BCUT2D eigenvalue weighted by Gasteiger charge is -2.16. The highest BCUT2D eigenvalue weighted by atomic mass is 127. The maximum Gasteiger partial charge on any atom is 0.222 e. The number of guanidine groups is 1. The molecule has 2 N–H and O–H groups in total. The molecule has 0 aromatic carbocycles. The van der Waals surface area contributed by atoms with Gasteiger partial charge in [-0.1, -0.05) is 0 Å². The van der Waals surface area contributed by atoms with Crippen LogP contribution in [0, 0.1) is 6.92 Å². The van der Waals surface area contributed by atoms with Crippen LogP contribution >= 0.6 is 35.3 Å². The van der Waals surface area contributed by atoms with Crippen molar-refractivity contribution in [2.75, 3.05) is 26.2 Å². The number of aryl methyl sites for hydroxylation is 1. The number of halogens is 1. The molecule has 1 aliphatic rings. The van der Waals surface area contributed by atoms with E-state index in [0.29, 0.717) is 12.5 Å². The predicted molar refractivity (Wildman–Crippen MR) is 108 cm³/mol. The predicted octanol–water partition coefficient (Wildman–Crippen LogP) is 2.74. The van der Waals surface area contributed by atoms with Crippen LogP contribution in [0.4, 0.5) is 0 Å². The molecule has 1 aromatic heterocycles. The van der Waals surface area contributed by atoms with Crippen LogP contribution in [0.25, 0.3) is 0 Å². The van der Waals surface area contributed by atoms with Gasteiger partial charge in [-0.15, -0.1) is 35.3 Å². The van der Waals surface area contributed by atoms with Crippen molar-refractivity contribution in [3.8, 4) is 0 Å². The van der Waals surface area contributed by atoms with E-state index >= 15 is 0 Å². The zero-order chi connectivity index (χ0) is 15.8. The number of amides is 1. The lowest BCUT2D eigenvalue weighted by atomic mass is 10.4. The van der Waals surface area contributed by atoms with E-state index in [-0.39, 0.29) is 24.0 Å². The van der Waals surface area contributed by atoms with E-state index in [0.717, 1.165) is 51.4 Å². The first-order valence-corrected chi connectivity index (χ1v) is 8.86. The van der Waals surface area contributed by atoms with Crippen LogP contribution in [0.3, 0.4) is 0 Å². The molecule has 130 valence electrons. The number of nitrogens with zero attached hydrogens (tertiary/aromatic N) is 2. The molecule has 0 bridgehead atoms. The minimum atomic E-state index is 0. The molecule has 1 saturated heterocycles. The van der Waals surface area contributed by atoms with Gasteiger partial charge in [0.1, 0.15) is 0 Å². The fourth-order valence-corrected chi connectivity index (χ4v) is 3.30. The molecule has 0 radical (unpaired) electrons. The quantitative estimate of drug-likeness (QED) is 0.291. The Bertz CT molecular complexity index is 518. The first-order chi connectivity index (χ1) is 10.7. The normalized spacial score (nSPS) is 14.8. The van der Waals surface area contributed by atoms with E-state index in [1.165, 1.54) is 9.75 Å². The van der Waals surface area contributed by atoms with Crippen LogP contribution in [0.15, 0.2) is 17.1 Å². The zero-order valence-electron chi connectivity index (χ0n) is 13.9. The van der Waals surface area contributed by atoms with Gasteiger partial charge in [-0.05, 0) is 38.8 Å². The summed E-state index contributed by atoms with van der Waals surface area (Å²) >= 11 is 1.79. The number of hydrogen-bond donors (Lipinski definition) is 2. The van der Waals surface area contributed by atoms with Crippen LogP contribution in [0.1, 0.15) is 35.9 Å². The summed E-state index contributed by atoms with van der Waals surface area (Å²) in [6.07, 6.45) is 2.68. The zero-order valence-corrected chi connectivity index (χ0v) is 17.1. The third-order valence-electron chi connectivity index (χ3n) is 3.60. The van der Waals surface area contributed by atoms with Gasteiger partial charge in [0.25, 0.3) is 0 Å². The number of carbonyl (C=O) groups excluding carboxylic acids is 1. The summed E-state index contributed by atoms with van der Waals surface area (Å²) in [5.41, 5.74) is 0. The Hall–Kier alpha value is -0.830. The van der Waals surface area contributed by atoms with Crippen LogP contribution < -0.4 is 10.6 Å². The maximum atomic E-state index is 11.5. The summed E-state index contributed by atoms with van der Waals surface area (Å²) in [4.78, 5) is 20.7. The third kappa shape index (κ3) is 7.07. The fourth-order valence-electron chi connectivity index (χ4n) is 2.49. The van der Waals surface area contributed by atoms with Crippen molar-refractivity contribution in [1.29, 1.82) is 0 Å². The Labute approximate surface area is 160 Å². The molecule has 0 atom stereocenters. The van der Waals surface area contributed by atoms with Gasteiger partial charge in [-0.3, -0.25) is 4.79 Å². The average molecular weight is 450 g/mol. The molecule has 0 saturated carbocycles.